The van der Waals surface area contributed by atoms with Crippen LogP contribution in [0.15, 0.2) is 133 Å². The number of allylic oxidation sites excluding steroid dienone is 2. The van der Waals surface area contributed by atoms with E-state index in [1.165, 1.54) is 14.1 Å². The van der Waals surface area contributed by atoms with Gasteiger partial charge in [0.05, 0.1) is 34.2 Å². The molecule has 24 heteroatoms. The first kappa shape index (κ1) is 72.7. The molecule has 8 aliphatic rings. The van der Waals surface area contributed by atoms with Crippen LogP contribution in [0.3, 0.4) is 0 Å². The first-order valence-corrected chi connectivity index (χ1v) is 38.5. The quantitative estimate of drug-likeness (QED) is 0.0112. The number of hydrogen-bond donors (Lipinski definition) is 8. The second-order valence-electron chi connectivity index (χ2n) is 27.8. The van der Waals surface area contributed by atoms with Crippen LogP contribution in [-0.2, 0) is 58.5 Å². The van der Waals surface area contributed by atoms with Gasteiger partial charge in [0.25, 0.3) is 11.8 Å². The number of amides is 6. The Labute approximate surface area is 586 Å². The van der Waals surface area contributed by atoms with Crippen LogP contribution in [0.4, 0.5) is 0 Å². The van der Waals surface area contributed by atoms with Crippen LogP contribution in [0.1, 0.15) is 162 Å². The molecule has 12 rings (SSSR count). The summed E-state index contributed by atoms with van der Waals surface area (Å²) in [5, 5.41) is 19.1. The van der Waals surface area contributed by atoms with Crippen molar-refractivity contribution in [1.29, 1.82) is 0 Å². The van der Waals surface area contributed by atoms with Crippen LogP contribution in [0.25, 0.3) is 34.4 Å². The fourth-order valence-electron chi connectivity index (χ4n) is 14.5. The van der Waals surface area contributed by atoms with Gasteiger partial charge in [0, 0.05) is 48.2 Å². The number of unbranched alkanes of at least 4 members (excludes halogenated alkanes) is 8. The van der Waals surface area contributed by atoms with Crippen molar-refractivity contribution in [2.45, 2.75) is 162 Å². The number of hydrogen-bond acceptors (Lipinski definition) is 16. The SMILES string of the molecule is C=C[C@@H]1C[C@]1(NC(=O)[C@@H]1C[C@@H](O/N=C2/c3ccccc3-c3ccc(/C=C/CCCCCCN)cc32)C[C@H]1C(=O)NC)C(=O)NS(=O)(=O)C1CC1.C=C[C@@H]1C[C@]1(NC(=O)[C@@H]1C[C@@H](O/N=C2\c3ccccc3-c3ccc(/C=C/CCCCCCN)cc32)C[C@H]1C(=O)NC)C(=O)NS(=O)(=O)C1CC1. The van der Waals surface area contributed by atoms with Gasteiger partial charge in [-0.25, -0.2) is 16.8 Å². The van der Waals surface area contributed by atoms with E-state index in [4.69, 9.17) is 21.1 Å². The Kier molecular flexibility index (Phi) is 22.9. The molecule has 0 heterocycles. The lowest BCUT2D eigenvalue weighted by Crippen LogP contribution is -2.54. The van der Waals surface area contributed by atoms with E-state index in [1.807, 2.05) is 36.4 Å². The molecule has 22 nitrogen and oxygen atoms in total. The number of benzene rings is 4. The molecule has 10 atom stereocenters. The number of nitrogens with two attached hydrogens (primary N) is 2. The maximum atomic E-state index is 13.8. The average molecular weight is 1400 g/mol. The number of fused-ring (bicyclic) bond motifs is 6. The van der Waals surface area contributed by atoms with E-state index >= 15 is 0 Å². The highest BCUT2D eigenvalue weighted by Gasteiger charge is 2.63. The summed E-state index contributed by atoms with van der Waals surface area (Å²) in [5.41, 5.74) is 19.9. The molecule has 0 radical (unpaired) electrons. The summed E-state index contributed by atoms with van der Waals surface area (Å²) >= 11 is 0. The van der Waals surface area contributed by atoms with Gasteiger partial charge in [-0.05, 0) is 161 Å². The molecule has 8 aliphatic carbocycles. The topological polar surface area (TPSA) is 338 Å². The zero-order chi connectivity index (χ0) is 70.9. The van der Waals surface area contributed by atoms with Gasteiger partial charge >= 0.3 is 0 Å². The first-order chi connectivity index (χ1) is 48.2. The predicted octanol–water partition coefficient (Wildman–Crippen LogP) is 8.34. The van der Waals surface area contributed by atoms with Crippen LogP contribution < -0.4 is 42.2 Å². The van der Waals surface area contributed by atoms with Gasteiger partial charge in [-0.1, -0.05) is 145 Å². The smallest absolute Gasteiger partial charge is 0.259 e. The largest absolute Gasteiger partial charge is 0.392 e. The lowest BCUT2D eigenvalue weighted by Gasteiger charge is -2.23. The summed E-state index contributed by atoms with van der Waals surface area (Å²) in [5.74, 6) is -7.13. The standard InChI is InChI=1S/2C38H47N5O6S/c2*1-3-25-23-38(25,37(46)43-50(47,48)27-16-17-27)41-36(45)33-22-26(21-32(33)35(44)40-2)49-42-34-30-14-10-9-13-28(30)29-18-15-24(20-31(29)34)12-8-6-4-5-7-11-19-39/h2*3,8-10,12-15,18,20,25-27,32-33H,1,4-7,11,16-17,19,21-23,39H2,2H3,(H,40,44)(H,41,45)(H,43,46)/b12-8+,42-34+;12-8+,42-34-/t2*25-,26+,32-,33-,38-/m11/s1. The molecule has 6 fully saturated rings. The first-order valence-electron chi connectivity index (χ1n) is 35.4. The van der Waals surface area contributed by atoms with Crippen molar-refractivity contribution in [2.75, 3.05) is 27.2 Å². The summed E-state index contributed by atoms with van der Waals surface area (Å²) in [6.45, 7) is 8.99. The summed E-state index contributed by atoms with van der Waals surface area (Å²) in [4.78, 5) is 92.4. The molecule has 0 aliphatic heterocycles. The van der Waals surface area contributed by atoms with E-state index in [0.717, 1.165) is 133 Å². The number of nitrogens with one attached hydrogen (secondary N) is 6. The van der Waals surface area contributed by atoms with Crippen molar-refractivity contribution in [3.63, 3.8) is 0 Å². The number of nitrogens with zero attached hydrogens (tertiary/aromatic N) is 2. The molecule has 0 bridgehead atoms. The Morgan fingerprint density at radius 1 is 0.490 bits per heavy atom. The third-order valence-electron chi connectivity index (χ3n) is 20.8. The maximum Gasteiger partial charge on any atom is 0.259 e. The zero-order valence-corrected chi connectivity index (χ0v) is 58.7. The summed E-state index contributed by atoms with van der Waals surface area (Å²) in [6.07, 6.45) is 25.0. The Bertz CT molecular complexity index is 3900. The Morgan fingerprint density at radius 3 is 1.18 bits per heavy atom. The number of rotatable bonds is 32. The summed E-state index contributed by atoms with van der Waals surface area (Å²) < 4.78 is 54.5. The molecule has 532 valence electrons. The third kappa shape index (κ3) is 16.2. The fraction of sp³-hybridized carbons (Fsp3) is 0.474. The van der Waals surface area contributed by atoms with Crippen LogP contribution in [-0.4, -0.2) is 125 Å². The third-order valence-corrected chi connectivity index (χ3v) is 24.4. The van der Waals surface area contributed by atoms with Gasteiger partial charge in [0.1, 0.15) is 34.7 Å². The molecule has 0 saturated heterocycles. The van der Waals surface area contributed by atoms with Crippen molar-refractivity contribution in [1.82, 2.24) is 30.7 Å². The normalized spacial score (nSPS) is 25.9. The predicted molar refractivity (Wildman–Crippen MR) is 386 cm³/mol. The van der Waals surface area contributed by atoms with Crippen molar-refractivity contribution in [3.05, 3.63) is 156 Å². The number of carbonyl (C=O) groups is 6. The zero-order valence-electron chi connectivity index (χ0n) is 57.1. The molecule has 0 spiro atoms. The van der Waals surface area contributed by atoms with Crippen LogP contribution >= 0.6 is 0 Å². The average Bonchev–Trinajstić information content (AvgIpc) is 1.58. The van der Waals surface area contributed by atoms with E-state index in [2.05, 4.69) is 127 Å². The lowest BCUT2D eigenvalue weighted by atomic mass is 9.93. The maximum absolute atomic E-state index is 13.8. The highest BCUT2D eigenvalue weighted by molar-refractivity contribution is 7.91. The molecule has 100 heavy (non-hydrogen) atoms. The summed E-state index contributed by atoms with van der Waals surface area (Å²) in [7, 11) is -4.61. The van der Waals surface area contributed by atoms with Gasteiger partial charge < -0.3 is 42.4 Å². The molecular weight excluding hydrogens is 1310 g/mol. The van der Waals surface area contributed by atoms with Crippen LogP contribution in [0.5, 0.6) is 0 Å². The Balaban J connectivity index is 0.000000202. The molecule has 4 aromatic carbocycles. The van der Waals surface area contributed by atoms with E-state index in [1.54, 1.807) is 12.2 Å². The van der Waals surface area contributed by atoms with E-state index in [9.17, 15) is 45.6 Å². The van der Waals surface area contributed by atoms with Crippen molar-refractivity contribution < 1.29 is 55.3 Å². The molecule has 0 unspecified atom stereocenters. The van der Waals surface area contributed by atoms with Gasteiger partial charge in [-0.3, -0.25) is 38.2 Å². The van der Waals surface area contributed by atoms with E-state index in [0.29, 0.717) is 37.1 Å². The lowest BCUT2D eigenvalue weighted by molar-refractivity contribution is -0.135. The molecular formula is C76H94N10O12S2. The molecule has 4 aromatic rings. The fourth-order valence-corrected chi connectivity index (χ4v) is 17.2. The minimum Gasteiger partial charge on any atom is -0.392 e. The summed E-state index contributed by atoms with van der Waals surface area (Å²) in [6, 6.07) is 28.7. The van der Waals surface area contributed by atoms with Crippen LogP contribution in [0.2, 0.25) is 0 Å². The minimum atomic E-state index is -3.82. The van der Waals surface area contributed by atoms with Crippen molar-refractivity contribution >= 4 is 79.1 Å². The second kappa shape index (κ2) is 31.5. The van der Waals surface area contributed by atoms with E-state index < -0.39 is 113 Å². The number of sulfonamides is 2. The minimum absolute atomic E-state index is 0.195. The Morgan fingerprint density at radius 2 is 0.840 bits per heavy atom. The second-order valence-corrected chi connectivity index (χ2v) is 31.7. The van der Waals surface area contributed by atoms with Gasteiger partial charge in [-0.15, -0.1) is 13.2 Å². The molecule has 10 N–H and O–H groups in total. The molecule has 0 aromatic heterocycles. The van der Waals surface area contributed by atoms with Gasteiger partial charge in [0.15, 0.2) is 0 Å². The molecule has 6 saturated carbocycles. The highest BCUT2D eigenvalue weighted by atomic mass is 32.2. The Hall–Kier alpha value is -8.58. The van der Waals surface area contributed by atoms with Crippen LogP contribution in [0, 0.1) is 35.5 Å². The van der Waals surface area contributed by atoms with Crippen molar-refractivity contribution in [3.8, 4) is 22.3 Å². The van der Waals surface area contributed by atoms with Gasteiger partial charge in [0.2, 0.25) is 43.7 Å². The molecule has 6 amide bonds. The van der Waals surface area contributed by atoms with Gasteiger partial charge in [-0.2, -0.15) is 0 Å². The number of carbonyl (C=O) groups excluding carboxylic acids is 6. The highest BCUT2D eigenvalue weighted by Crippen LogP contribution is 2.49. The number of oxime groups is 2. The van der Waals surface area contributed by atoms with Crippen molar-refractivity contribution in [2.24, 2.45) is 57.3 Å². The monoisotopic (exact) mass is 1400 g/mol. The van der Waals surface area contributed by atoms with E-state index in [-0.39, 0.29) is 50.3 Å².